The summed E-state index contributed by atoms with van der Waals surface area (Å²) in [5, 5.41) is 9.02. The second-order valence-corrected chi connectivity index (χ2v) is 6.45. The fourth-order valence-electron chi connectivity index (χ4n) is 0.694. The van der Waals surface area contributed by atoms with E-state index in [2.05, 4.69) is 9.97 Å². The van der Waals surface area contributed by atoms with Gasteiger partial charge < -0.3 is 0 Å². The molecule has 0 aliphatic rings. The van der Waals surface area contributed by atoms with Crippen LogP contribution in [0.3, 0.4) is 0 Å². The highest BCUT2D eigenvalue weighted by Gasteiger charge is 2.05. The SMILES string of the molecule is N#Cc1cnc(SCCS(=O)(=O)Cl)cn1. The summed E-state index contributed by atoms with van der Waals surface area (Å²) in [7, 11) is 1.57. The normalized spacial score (nSPS) is 10.9. The van der Waals surface area contributed by atoms with Gasteiger partial charge in [0.15, 0.2) is 5.69 Å². The molecule has 0 unspecified atom stereocenters. The van der Waals surface area contributed by atoms with Gasteiger partial charge in [-0.15, -0.1) is 11.8 Å². The van der Waals surface area contributed by atoms with Gasteiger partial charge >= 0.3 is 0 Å². The van der Waals surface area contributed by atoms with Crippen molar-refractivity contribution in [3.8, 4) is 6.07 Å². The molecule has 0 aliphatic carbocycles. The van der Waals surface area contributed by atoms with Crippen LogP contribution in [0.25, 0.3) is 0 Å². The Labute approximate surface area is 95.9 Å². The van der Waals surface area contributed by atoms with Crippen molar-refractivity contribution in [1.29, 1.82) is 5.26 Å². The maximum Gasteiger partial charge on any atom is 0.233 e. The molecule has 0 spiro atoms. The number of rotatable bonds is 4. The van der Waals surface area contributed by atoms with E-state index in [9.17, 15) is 8.42 Å². The predicted octanol–water partition coefficient (Wildman–Crippen LogP) is 1.01. The molecule has 1 aromatic rings. The Morgan fingerprint density at radius 1 is 1.47 bits per heavy atom. The molecule has 0 aliphatic heterocycles. The van der Waals surface area contributed by atoms with Crippen LogP contribution in [-0.4, -0.2) is 29.9 Å². The fourth-order valence-corrected chi connectivity index (χ4v) is 2.85. The minimum absolute atomic E-state index is 0.124. The zero-order valence-corrected chi connectivity index (χ0v) is 9.81. The van der Waals surface area contributed by atoms with Crippen LogP contribution >= 0.6 is 22.4 Å². The van der Waals surface area contributed by atoms with Crippen molar-refractivity contribution < 1.29 is 8.42 Å². The van der Waals surface area contributed by atoms with Crippen LogP contribution in [0.15, 0.2) is 17.4 Å². The number of nitriles is 1. The van der Waals surface area contributed by atoms with E-state index in [-0.39, 0.29) is 11.4 Å². The van der Waals surface area contributed by atoms with E-state index in [1.165, 1.54) is 24.2 Å². The number of aromatic nitrogens is 2. The molecular formula is C7H6ClN3O2S2. The average molecular weight is 264 g/mol. The van der Waals surface area contributed by atoms with Crippen LogP contribution in [0.2, 0.25) is 0 Å². The lowest BCUT2D eigenvalue weighted by Gasteiger charge is -1.97. The van der Waals surface area contributed by atoms with Crippen molar-refractivity contribution >= 4 is 31.5 Å². The minimum atomic E-state index is -3.46. The van der Waals surface area contributed by atoms with E-state index in [0.717, 1.165) is 0 Å². The molecule has 8 heteroatoms. The van der Waals surface area contributed by atoms with Gasteiger partial charge in [0.1, 0.15) is 11.1 Å². The fraction of sp³-hybridized carbons (Fsp3) is 0.286. The van der Waals surface area contributed by atoms with Crippen molar-refractivity contribution in [3.05, 3.63) is 18.1 Å². The quantitative estimate of drug-likeness (QED) is 0.595. The van der Waals surface area contributed by atoms with Crippen LogP contribution in [0.5, 0.6) is 0 Å². The molecule has 0 fully saturated rings. The molecule has 80 valence electrons. The molecule has 0 amide bonds. The van der Waals surface area contributed by atoms with Crippen molar-refractivity contribution in [2.24, 2.45) is 0 Å². The number of halogens is 1. The molecule has 0 N–H and O–H groups in total. The lowest BCUT2D eigenvalue weighted by atomic mass is 10.5. The van der Waals surface area contributed by atoms with E-state index < -0.39 is 9.05 Å². The van der Waals surface area contributed by atoms with Gasteiger partial charge in [-0.1, -0.05) is 0 Å². The number of hydrogen-bond donors (Lipinski definition) is 0. The van der Waals surface area contributed by atoms with Gasteiger partial charge in [-0.25, -0.2) is 18.4 Å². The first-order chi connectivity index (χ1) is 7.01. The van der Waals surface area contributed by atoms with Gasteiger partial charge in [0.2, 0.25) is 9.05 Å². The summed E-state index contributed by atoms with van der Waals surface area (Å²) < 4.78 is 21.2. The van der Waals surface area contributed by atoms with Gasteiger partial charge in [0.25, 0.3) is 0 Å². The maximum atomic E-state index is 10.6. The summed E-state index contributed by atoms with van der Waals surface area (Å²) in [6.45, 7) is 0. The highest BCUT2D eigenvalue weighted by Crippen LogP contribution is 2.14. The van der Waals surface area contributed by atoms with E-state index in [1.54, 1.807) is 0 Å². The highest BCUT2D eigenvalue weighted by molar-refractivity contribution is 8.14. The second-order valence-electron chi connectivity index (χ2n) is 2.44. The van der Waals surface area contributed by atoms with Crippen LogP contribution in [0.4, 0.5) is 0 Å². The molecule has 0 bridgehead atoms. The highest BCUT2D eigenvalue weighted by atomic mass is 35.7. The standard InChI is InChI=1S/C7H6ClN3O2S2/c8-15(12,13)2-1-14-7-5-10-6(3-9)4-11-7/h4-5H,1-2H2. The topological polar surface area (TPSA) is 83.7 Å². The number of thioether (sulfide) groups is 1. The molecular weight excluding hydrogens is 258 g/mol. The Balaban J connectivity index is 2.49. The molecule has 0 saturated heterocycles. The van der Waals surface area contributed by atoms with Crippen LogP contribution in [-0.2, 0) is 9.05 Å². The van der Waals surface area contributed by atoms with Crippen LogP contribution in [0.1, 0.15) is 5.69 Å². The predicted molar refractivity (Wildman–Crippen MR) is 57.1 cm³/mol. The average Bonchev–Trinajstić information content (AvgIpc) is 2.17. The Morgan fingerprint density at radius 2 is 2.20 bits per heavy atom. The van der Waals surface area contributed by atoms with Gasteiger partial charge in [-0.2, -0.15) is 5.26 Å². The van der Waals surface area contributed by atoms with Crippen LogP contribution in [0, 0.1) is 11.3 Å². The Bertz CT molecular complexity index is 466. The zero-order valence-electron chi connectivity index (χ0n) is 7.42. The summed E-state index contributed by atoms with van der Waals surface area (Å²) in [6.07, 6.45) is 2.75. The molecule has 5 nitrogen and oxygen atoms in total. The van der Waals surface area contributed by atoms with E-state index in [4.69, 9.17) is 15.9 Å². The van der Waals surface area contributed by atoms with E-state index >= 15 is 0 Å². The van der Waals surface area contributed by atoms with E-state index in [0.29, 0.717) is 10.8 Å². The summed E-state index contributed by atoms with van der Waals surface area (Å²) in [5.74, 6) is 0.188. The van der Waals surface area contributed by atoms with Crippen molar-refractivity contribution in [2.75, 3.05) is 11.5 Å². The third kappa shape index (κ3) is 4.97. The summed E-state index contributed by atoms with van der Waals surface area (Å²) in [5.41, 5.74) is 0.226. The first kappa shape index (κ1) is 12.2. The van der Waals surface area contributed by atoms with Gasteiger partial charge in [0, 0.05) is 16.4 Å². The molecule has 1 aromatic heterocycles. The Morgan fingerprint density at radius 3 is 2.67 bits per heavy atom. The monoisotopic (exact) mass is 263 g/mol. The molecule has 0 radical (unpaired) electrons. The Hall–Kier alpha value is -0.840. The number of nitrogens with zero attached hydrogens (tertiary/aromatic N) is 3. The van der Waals surface area contributed by atoms with Crippen LogP contribution < -0.4 is 0 Å². The summed E-state index contributed by atoms with van der Waals surface area (Å²) in [6, 6.07) is 1.83. The molecule has 0 saturated carbocycles. The largest absolute Gasteiger partial charge is 0.245 e. The third-order valence-corrected chi connectivity index (χ3v) is 3.65. The van der Waals surface area contributed by atoms with Crippen molar-refractivity contribution in [1.82, 2.24) is 9.97 Å². The van der Waals surface area contributed by atoms with Gasteiger partial charge in [-0.05, 0) is 0 Å². The minimum Gasteiger partial charge on any atom is -0.245 e. The van der Waals surface area contributed by atoms with Crippen molar-refractivity contribution in [3.63, 3.8) is 0 Å². The molecule has 1 rings (SSSR count). The molecule has 0 atom stereocenters. The molecule has 15 heavy (non-hydrogen) atoms. The lowest BCUT2D eigenvalue weighted by Crippen LogP contribution is -2.00. The lowest BCUT2D eigenvalue weighted by molar-refractivity contribution is 0.611. The smallest absolute Gasteiger partial charge is 0.233 e. The van der Waals surface area contributed by atoms with Gasteiger partial charge in [-0.3, -0.25) is 0 Å². The second kappa shape index (κ2) is 5.30. The molecule has 0 aromatic carbocycles. The first-order valence-electron chi connectivity index (χ1n) is 3.78. The zero-order chi connectivity index (χ0) is 11.3. The van der Waals surface area contributed by atoms with Gasteiger partial charge in [0.05, 0.1) is 18.1 Å². The van der Waals surface area contributed by atoms with E-state index in [1.807, 2.05) is 6.07 Å². The number of hydrogen-bond acceptors (Lipinski definition) is 6. The first-order valence-corrected chi connectivity index (χ1v) is 7.25. The summed E-state index contributed by atoms with van der Waals surface area (Å²) >= 11 is 1.22. The maximum absolute atomic E-state index is 10.6. The van der Waals surface area contributed by atoms with Crippen molar-refractivity contribution in [2.45, 2.75) is 5.03 Å². The Kier molecular flexibility index (Phi) is 4.32. The molecule has 1 heterocycles. The third-order valence-electron chi connectivity index (χ3n) is 1.32. The summed E-state index contributed by atoms with van der Waals surface area (Å²) in [4.78, 5) is 7.69.